The first-order chi connectivity index (χ1) is 6.95. The van der Waals surface area contributed by atoms with E-state index in [1.165, 1.54) is 7.05 Å². The number of hydrogen-bond donors (Lipinski definition) is 4. The van der Waals surface area contributed by atoms with E-state index < -0.39 is 11.5 Å². The van der Waals surface area contributed by atoms with Crippen LogP contribution >= 0.6 is 25.3 Å². The van der Waals surface area contributed by atoms with Crippen LogP contribution < -0.4 is 10.6 Å². The summed E-state index contributed by atoms with van der Waals surface area (Å²) < 4.78 is 27.7. The molecule has 0 aliphatic carbocycles. The first-order valence-corrected chi connectivity index (χ1v) is 6.15. The molecule has 2 N–H and O–H groups in total. The van der Waals surface area contributed by atoms with Crippen LogP contribution in [-0.2, 0) is 0 Å². The van der Waals surface area contributed by atoms with E-state index in [-0.39, 0.29) is 30.9 Å². The summed E-state index contributed by atoms with van der Waals surface area (Å²) in [7, 11) is 3.17. The molecule has 2 nitrogen and oxygen atoms in total. The Labute approximate surface area is 101 Å². The molecular formula is C9H20F2N2S2. The van der Waals surface area contributed by atoms with Crippen LogP contribution in [0.2, 0.25) is 0 Å². The molecule has 0 fully saturated rings. The average molecular weight is 258 g/mol. The Morgan fingerprint density at radius 3 is 2.00 bits per heavy atom. The van der Waals surface area contributed by atoms with Crippen molar-refractivity contribution in [1.82, 2.24) is 10.6 Å². The van der Waals surface area contributed by atoms with Crippen molar-refractivity contribution in [2.75, 3.05) is 32.1 Å². The average Bonchev–Trinajstić information content (AvgIpc) is 2.26. The molecule has 0 saturated carbocycles. The highest BCUT2D eigenvalue weighted by Gasteiger charge is 2.33. The highest BCUT2D eigenvalue weighted by Crippen LogP contribution is 2.25. The highest BCUT2D eigenvalue weighted by atomic mass is 32.1. The zero-order valence-corrected chi connectivity index (χ0v) is 11.0. The molecule has 0 bridgehead atoms. The first-order valence-electron chi connectivity index (χ1n) is 4.88. The van der Waals surface area contributed by atoms with E-state index in [0.29, 0.717) is 0 Å². The van der Waals surface area contributed by atoms with E-state index in [9.17, 15) is 8.78 Å². The minimum Gasteiger partial charge on any atom is -0.317 e. The smallest absolute Gasteiger partial charge is 0.170 e. The highest BCUT2D eigenvalue weighted by molar-refractivity contribution is 7.80. The Balaban J connectivity index is 4.20. The van der Waals surface area contributed by atoms with Crippen LogP contribution in [0, 0.1) is 0 Å². The van der Waals surface area contributed by atoms with Gasteiger partial charge in [0.05, 0.1) is 0 Å². The molecule has 0 heterocycles. The van der Waals surface area contributed by atoms with Gasteiger partial charge in [-0.15, -0.1) is 0 Å². The molecule has 0 aromatic heterocycles. The van der Waals surface area contributed by atoms with E-state index >= 15 is 0 Å². The van der Waals surface area contributed by atoms with Crippen LogP contribution in [-0.4, -0.2) is 43.6 Å². The largest absolute Gasteiger partial charge is 0.317 e. The number of halogens is 2. The molecule has 2 atom stereocenters. The quantitative estimate of drug-likeness (QED) is 0.391. The number of thiol groups is 2. The summed E-state index contributed by atoms with van der Waals surface area (Å²) in [6.07, 6.45) is 0.209. The minimum absolute atomic E-state index is 0.0334. The van der Waals surface area contributed by atoms with E-state index in [1.54, 1.807) is 7.05 Å². The lowest BCUT2D eigenvalue weighted by atomic mass is 9.98. The standard InChI is InChI=1S/C9H20F2N2S2/c1-12-5-8(10,6-14)3-4-9(11,7-15)13-2/h12-15H,3-7H2,1-2H3/t8-,9-/m0/s1. The van der Waals surface area contributed by atoms with E-state index in [2.05, 4.69) is 35.9 Å². The Kier molecular flexibility index (Phi) is 7.16. The van der Waals surface area contributed by atoms with Gasteiger partial charge in [0, 0.05) is 18.1 Å². The summed E-state index contributed by atoms with van der Waals surface area (Å²) in [6.45, 7) is 0.183. The molecule has 0 aromatic rings. The third-order valence-corrected chi connectivity index (χ3v) is 3.51. The van der Waals surface area contributed by atoms with Crippen molar-refractivity contribution in [3.8, 4) is 0 Å². The van der Waals surface area contributed by atoms with Gasteiger partial charge in [-0.3, -0.25) is 5.32 Å². The van der Waals surface area contributed by atoms with Crippen LogP contribution in [0.15, 0.2) is 0 Å². The summed E-state index contributed by atoms with van der Waals surface area (Å²) in [4.78, 5) is 0. The molecule has 0 spiro atoms. The second kappa shape index (κ2) is 6.93. The number of hydrogen-bond acceptors (Lipinski definition) is 4. The molecule has 0 rings (SSSR count). The van der Waals surface area contributed by atoms with Crippen molar-refractivity contribution < 1.29 is 8.78 Å². The monoisotopic (exact) mass is 258 g/mol. The van der Waals surface area contributed by atoms with Gasteiger partial charge >= 0.3 is 0 Å². The fourth-order valence-electron chi connectivity index (χ4n) is 1.25. The predicted octanol–water partition coefficient (Wildman–Crippen LogP) is 1.44. The van der Waals surface area contributed by atoms with Gasteiger partial charge in [-0.1, -0.05) is 0 Å². The van der Waals surface area contributed by atoms with Gasteiger partial charge in [0.1, 0.15) is 5.67 Å². The first kappa shape index (κ1) is 15.5. The number of alkyl halides is 2. The summed E-state index contributed by atoms with van der Waals surface area (Å²) in [5.74, 6) is -1.48. The van der Waals surface area contributed by atoms with Crippen LogP contribution in [0.3, 0.4) is 0 Å². The fraction of sp³-hybridized carbons (Fsp3) is 1.00. The van der Waals surface area contributed by atoms with E-state index in [0.717, 1.165) is 0 Å². The Morgan fingerprint density at radius 1 is 1.07 bits per heavy atom. The normalized spacial score (nSPS) is 19.6. The zero-order chi connectivity index (χ0) is 11.9. The number of nitrogens with one attached hydrogen (secondary N) is 2. The van der Waals surface area contributed by atoms with Crippen LogP contribution in [0.1, 0.15) is 12.8 Å². The Hall–Kier alpha value is 0.480. The summed E-state index contributed by atoms with van der Waals surface area (Å²) >= 11 is 7.84. The SMILES string of the molecule is CNC[C@](F)(CS)CC[C@@](F)(CS)NC. The maximum Gasteiger partial charge on any atom is 0.170 e. The van der Waals surface area contributed by atoms with Gasteiger partial charge < -0.3 is 5.32 Å². The third kappa shape index (κ3) is 5.38. The van der Waals surface area contributed by atoms with Gasteiger partial charge in [0.15, 0.2) is 5.79 Å². The maximum atomic E-state index is 14.0. The topological polar surface area (TPSA) is 24.1 Å². The number of rotatable bonds is 8. The van der Waals surface area contributed by atoms with Crippen molar-refractivity contribution in [3.63, 3.8) is 0 Å². The molecule has 0 unspecified atom stereocenters. The molecule has 92 valence electrons. The summed E-state index contributed by atoms with van der Waals surface area (Å²) in [5, 5.41) is 5.26. The van der Waals surface area contributed by atoms with Crippen molar-refractivity contribution in [2.24, 2.45) is 0 Å². The maximum absolute atomic E-state index is 14.0. The molecule has 0 aromatic carbocycles. The van der Waals surface area contributed by atoms with Crippen LogP contribution in [0.4, 0.5) is 8.78 Å². The molecule has 0 saturated heterocycles. The lowest BCUT2D eigenvalue weighted by Crippen LogP contribution is -2.44. The molecule has 0 aliphatic heterocycles. The van der Waals surface area contributed by atoms with Crippen molar-refractivity contribution in [2.45, 2.75) is 24.3 Å². The zero-order valence-electron chi connectivity index (χ0n) is 9.19. The van der Waals surface area contributed by atoms with E-state index in [4.69, 9.17) is 0 Å². The van der Waals surface area contributed by atoms with Gasteiger partial charge in [0.2, 0.25) is 0 Å². The van der Waals surface area contributed by atoms with Crippen molar-refractivity contribution >= 4 is 25.3 Å². The molecular weight excluding hydrogens is 238 g/mol. The third-order valence-electron chi connectivity index (χ3n) is 2.44. The van der Waals surface area contributed by atoms with E-state index in [1.807, 2.05) is 0 Å². The van der Waals surface area contributed by atoms with Gasteiger partial charge in [-0.25, -0.2) is 8.78 Å². The molecule has 6 heteroatoms. The second-order valence-electron chi connectivity index (χ2n) is 3.71. The Morgan fingerprint density at radius 2 is 1.67 bits per heavy atom. The van der Waals surface area contributed by atoms with Gasteiger partial charge in [-0.2, -0.15) is 25.3 Å². The van der Waals surface area contributed by atoms with Crippen molar-refractivity contribution in [3.05, 3.63) is 0 Å². The van der Waals surface area contributed by atoms with Gasteiger partial charge in [0.25, 0.3) is 0 Å². The molecule has 0 radical (unpaired) electrons. The lowest BCUT2D eigenvalue weighted by Gasteiger charge is -2.28. The summed E-state index contributed by atoms with van der Waals surface area (Å²) in [6, 6.07) is 0. The second-order valence-corrected chi connectivity index (χ2v) is 4.35. The Bertz CT molecular complexity index is 179. The van der Waals surface area contributed by atoms with Gasteiger partial charge in [-0.05, 0) is 26.9 Å². The fourth-order valence-corrected chi connectivity index (χ4v) is 1.83. The predicted molar refractivity (Wildman–Crippen MR) is 67.6 cm³/mol. The molecule has 0 aliphatic rings. The van der Waals surface area contributed by atoms with Crippen LogP contribution in [0.25, 0.3) is 0 Å². The lowest BCUT2D eigenvalue weighted by molar-refractivity contribution is 0.0963. The molecule has 15 heavy (non-hydrogen) atoms. The molecule has 0 amide bonds. The minimum atomic E-state index is -1.60. The summed E-state index contributed by atoms with van der Waals surface area (Å²) in [5.41, 5.74) is -1.46. The van der Waals surface area contributed by atoms with Crippen molar-refractivity contribution in [1.29, 1.82) is 0 Å². The van der Waals surface area contributed by atoms with Crippen LogP contribution in [0.5, 0.6) is 0 Å².